The van der Waals surface area contributed by atoms with E-state index in [2.05, 4.69) is 12.4 Å². The molecule has 0 radical (unpaired) electrons. The summed E-state index contributed by atoms with van der Waals surface area (Å²) < 4.78 is 27.8. The van der Waals surface area contributed by atoms with Crippen LogP contribution in [0.5, 0.6) is 0 Å². The molecule has 0 aromatic carbocycles. The van der Waals surface area contributed by atoms with E-state index in [0.29, 0.717) is 13.2 Å². The van der Waals surface area contributed by atoms with Gasteiger partial charge in [-0.2, -0.15) is 4.62 Å². The molecule has 0 bridgehead atoms. The van der Waals surface area contributed by atoms with Gasteiger partial charge in [0.05, 0.1) is 13.2 Å². The minimum absolute atomic E-state index is 0.375. The zero-order valence-corrected chi connectivity index (χ0v) is 13.3. The normalized spacial score (nSPS) is 12.2. The molecule has 0 atom stereocenters. The Morgan fingerprint density at radius 3 is 2.05 bits per heavy atom. The van der Waals surface area contributed by atoms with Gasteiger partial charge >= 0.3 is 7.82 Å². The first-order valence-electron chi connectivity index (χ1n) is 7.16. The molecule has 0 rings (SSSR count). The number of rotatable bonds is 13. The fourth-order valence-corrected chi connectivity index (χ4v) is 2.20. The number of phosphoric acid groups is 1. The summed E-state index contributed by atoms with van der Waals surface area (Å²) in [4.78, 5) is 0. The lowest BCUT2D eigenvalue weighted by molar-refractivity contribution is 0.0854. The summed E-state index contributed by atoms with van der Waals surface area (Å²) in [6.45, 7) is 6.91. The second kappa shape index (κ2) is 12.7. The average molecular weight is 293 g/mol. The van der Waals surface area contributed by atoms with E-state index in [1.165, 1.54) is 0 Å². The minimum atomic E-state index is -3.49. The lowest BCUT2D eigenvalue weighted by atomic mass is 10.3. The molecule has 1 N–H and O–H groups in total. The van der Waals surface area contributed by atoms with E-state index < -0.39 is 7.82 Å². The molecule has 0 aliphatic rings. The van der Waals surface area contributed by atoms with Gasteiger partial charge in [0.25, 0.3) is 0 Å². The van der Waals surface area contributed by atoms with Crippen LogP contribution in [0.3, 0.4) is 0 Å². The van der Waals surface area contributed by atoms with Crippen molar-refractivity contribution < 1.29 is 18.2 Å². The van der Waals surface area contributed by atoms with Crippen LogP contribution >= 0.6 is 7.82 Å². The number of hydrogen-bond donors (Lipinski definition) is 1. The summed E-state index contributed by atoms with van der Waals surface area (Å²) in [5.41, 5.74) is 2.52. The summed E-state index contributed by atoms with van der Waals surface area (Å²) in [6.07, 6.45) is 9.11. The molecule has 0 spiro atoms. The molecule has 0 fully saturated rings. The van der Waals surface area contributed by atoms with E-state index in [1.54, 1.807) is 6.20 Å². The van der Waals surface area contributed by atoms with Crippen molar-refractivity contribution in [3.8, 4) is 0 Å². The Balaban J connectivity index is 4.11. The topological polar surface area (TPSA) is 56.8 Å². The number of hydroxylamine groups is 1. The molecule has 0 unspecified atom stereocenters. The first-order valence-corrected chi connectivity index (χ1v) is 8.62. The molecule has 0 saturated carbocycles. The van der Waals surface area contributed by atoms with Crippen LogP contribution in [-0.2, 0) is 18.2 Å². The summed E-state index contributed by atoms with van der Waals surface area (Å²) in [5, 5.41) is 0. The molecule has 0 saturated heterocycles. The fourth-order valence-electron chi connectivity index (χ4n) is 1.12. The highest BCUT2D eigenvalue weighted by atomic mass is 31.2. The third-order valence-corrected chi connectivity index (χ3v) is 3.63. The molecule has 0 aromatic heterocycles. The maximum absolute atomic E-state index is 12.2. The second-order valence-corrected chi connectivity index (χ2v) is 5.81. The Kier molecular flexibility index (Phi) is 12.4. The molecule has 0 heterocycles. The van der Waals surface area contributed by atoms with Crippen LogP contribution in [0.25, 0.3) is 0 Å². The number of allylic oxidation sites excluding steroid dienone is 1. The molecule has 0 aliphatic carbocycles. The Morgan fingerprint density at radius 2 is 1.58 bits per heavy atom. The quantitative estimate of drug-likeness (QED) is 0.306. The Morgan fingerprint density at radius 1 is 1.00 bits per heavy atom. The van der Waals surface area contributed by atoms with Crippen molar-refractivity contribution in [2.45, 2.75) is 59.3 Å². The molecule has 6 heteroatoms. The summed E-state index contributed by atoms with van der Waals surface area (Å²) in [6, 6.07) is 0. The van der Waals surface area contributed by atoms with E-state index in [1.807, 2.05) is 19.9 Å². The number of unbranched alkanes of at least 4 members (excludes halogenated alkanes) is 3. The van der Waals surface area contributed by atoms with E-state index >= 15 is 0 Å². The van der Waals surface area contributed by atoms with Crippen molar-refractivity contribution in [2.24, 2.45) is 0 Å². The first-order chi connectivity index (χ1) is 9.18. The van der Waals surface area contributed by atoms with E-state index in [-0.39, 0.29) is 0 Å². The molecule has 114 valence electrons. The van der Waals surface area contributed by atoms with Gasteiger partial charge in [-0.1, -0.05) is 46.1 Å². The lowest BCUT2D eigenvalue weighted by Crippen LogP contribution is -2.10. The van der Waals surface area contributed by atoms with E-state index in [0.717, 1.165) is 38.5 Å². The molecule has 5 nitrogen and oxygen atoms in total. The summed E-state index contributed by atoms with van der Waals surface area (Å²) in [5.74, 6) is 0. The van der Waals surface area contributed by atoms with Gasteiger partial charge in [-0.05, 0) is 19.3 Å². The Bertz CT molecular complexity index is 257. The standard InChI is InChI=1S/C13H28NO4P/c1-4-7-10-11-14-18-19(15,16-12-8-5-2)17-13-9-6-3/h10-11,14H,4-9,12-13H2,1-3H3. The largest absolute Gasteiger partial charge is 0.496 e. The van der Waals surface area contributed by atoms with Crippen LogP contribution in [-0.4, -0.2) is 13.2 Å². The van der Waals surface area contributed by atoms with Crippen molar-refractivity contribution >= 4 is 7.82 Å². The predicted octanol–water partition coefficient (Wildman–Crippen LogP) is 4.56. The molecular formula is C13H28NO4P. The second-order valence-electron chi connectivity index (χ2n) is 4.22. The average Bonchev–Trinajstić information content (AvgIpc) is 2.39. The maximum atomic E-state index is 12.2. The van der Waals surface area contributed by atoms with Gasteiger partial charge < -0.3 is 0 Å². The summed E-state index contributed by atoms with van der Waals surface area (Å²) in [7, 11) is -3.49. The number of hydrogen-bond acceptors (Lipinski definition) is 5. The van der Waals surface area contributed by atoms with E-state index in [9.17, 15) is 4.57 Å². The van der Waals surface area contributed by atoms with Crippen molar-refractivity contribution in [3.63, 3.8) is 0 Å². The van der Waals surface area contributed by atoms with Crippen molar-refractivity contribution in [1.29, 1.82) is 0 Å². The zero-order chi connectivity index (χ0) is 14.4. The van der Waals surface area contributed by atoms with E-state index in [4.69, 9.17) is 13.7 Å². The highest BCUT2D eigenvalue weighted by molar-refractivity contribution is 7.48. The Hall–Kier alpha value is -0.350. The Labute approximate surface area is 117 Å². The van der Waals surface area contributed by atoms with Crippen LogP contribution < -0.4 is 5.48 Å². The fraction of sp³-hybridized carbons (Fsp3) is 0.846. The van der Waals surface area contributed by atoms with Gasteiger partial charge in [0.15, 0.2) is 0 Å². The predicted molar refractivity (Wildman–Crippen MR) is 77.6 cm³/mol. The van der Waals surface area contributed by atoms with Crippen LogP contribution in [0.15, 0.2) is 12.3 Å². The van der Waals surface area contributed by atoms with Gasteiger partial charge in [0, 0.05) is 6.20 Å². The van der Waals surface area contributed by atoms with Crippen LogP contribution in [0, 0.1) is 0 Å². The van der Waals surface area contributed by atoms with Gasteiger partial charge in [0.2, 0.25) is 0 Å². The zero-order valence-electron chi connectivity index (χ0n) is 12.4. The highest BCUT2D eigenvalue weighted by Gasteiger charge is 2.26. The molecule has 0 aliphatic heterocycles. The monoisotopic (exact) mass is 293 g/mol. The molecular weight excluding hydrogens is 265 g/mol. The first kappa shape index (κ1) is 18.7. The van der Waals surface area contributed by atoms with Crippen molar-refractivity contribution in [1.82, 2.24) is 5.48 Å². The van der Waals surface area contributed by atoms with Crippen molar-refractivity contribution in [2.75, 3.05) is 13.2 Å². The van der Waals surface area contributed by atoms with Crippen molar-refractivity contribution in [3.05, 3.63) is 12.3 Å². The van der Waals surface area contributed by atoms with Gasteiger partial charge in [0.1, 0.15) is 0 Å². The van der Waals surface area contributed by atoms with Crippen LogP contribution in [0.4, 0.5) is 0 Å². The molecule has 0 aromatic rings. The SMILES string of the molecule is CCCC=CNOP(=O)(OCCCC)OCCCC. The third kappa shape index (κ3) is 11.2. The third-order valence-electron chi connectivity index (χ3n) is 2.30. The van der Waals surface area contributed by atoms with Crippen LogP contribution in [0.2, 0.25) is 0 Å². The lowest BCUT2D eigenvalue weighted by Gasteiger charge is -2.16. The van der Waals surface area contributed by atoms with Gasteiger partial charge in [-0.25, -0.2) is 4.57 Å². The number of phosphoric ester groups is 1. The number of nitrogens with one attached hydrogen (secondary N) is 1. The smallest absolute Gasteiger partial charge is 0.286 e. The van der Waals surface area contributed by atoms with Gasteiger partial charge in [-0.3, -0.25) is 14.5 Å². The summed E-state index contributed by atoms with van der Waals surface area (Å²) >= 11 is 0. The van der Waals surface area contributed by atoms with Gasteiger partial charge in [-0.15, -0.1) is 0 Å². The minimum Gasteiger partial charge on any atom is -0.286 e. The maximum Gasteiger partial charge on any atom is 0.496 e. The molecule has 19 heavy (non-hydrogen) atoms. The highest BCUT2D eigenvalue weighted by Crippen LogP contribution is 2.48. The molecule has 0 amide bonds. The van der Waals surface area contributed by atoms with Crippen LogP contribution in [0.1, 0.15) is 59.3 Å².